The molecule has 2 N–H and O–H groups in total. The number of esters is 1. The number of nitrogens with zero attached hydrogens (tertiary/aromatic N) is 1. The van der Waals surface area contributed by atoms with Crippen LogP contribution in [0.2, 0.25) is 5.02 Å². The van der Waals surface area contributed by atoms with Crippen molar-refractivity contribution in [2.24, 2.45) is 5.92 Å². The number of benzene rings is 1. The molecule has 0 saturated heterocycles. The van der Waals surface area contributed by atoms with Gasteiger partial charge in [0.2, 0.25) is 0 Å². The van der Waals surface area contributed by atoms with Crippen molar-refractivity contribution in [3.05, 3.63) is 29.3 Å². The highest BCUT2D eigenvalue weighted by Gasteiger charge is 2.21. The molecule has 1 atom stereocenters. The summed E-state index contributed by atoms with van der Waals surface area (Å²) >= 11 is 5.77. The van der Waals surface area contributed by atoms with Crippen molar-refractivity contribution in [1.29, 1.82) is 0 Å². The molecule has 1 aromatic rings. The molecule has 0 spiro atoms. The number of carbonyl (C=O) groups is 2. The van der Waals surface area contributed by atoms with Crippen LogP contribution in [0, 0.1) is 5.92 Å². The SMILES string of the molecule is COC(=O)C(C)CN(CCO)C(=O)Nc1ccc(Cl)cc1. The first-order valence-corrected chi connectivity index (χ1v) is 6.86. The van der Waals surface area contributed by atoms with E-state index in [1.807, 2.05) is 0 Å². The fourth-order valence-electron chi connectivity index (χ4n) is 1.74. The Hall–Kier alpha value is -1.79. The third-order valence-corrected chi connectivity index (χ3v) is 3.10. The third kappa shape index (κ3) is 5.61. The maximum Gasteiger partial charge on any atom is 0.321 e. The summed E-state index contributed by atoms with van der Waals surface area (Å²) in [6, 6.07) is 6.25. The standard InChI is InChI=1S/C14H19ClN2O4/c1-10(13(19)21-2)9-17(7-8-18)14(20)16-12-5-3-11(15)4-6-12/h3-6,10,18H,7-9H2,1-2H3,(H,16,20). The zero-order valence-electron chi connectivity index (χ0n) is 12.0. The number of urea groups is 1. The van der Waals surface area contributed by atoms with Crippen LogP contribution < -0.4 is 5.32 Å². The molecule has 0 heterocycles. The average molecular weight is 315 g/mol. The van der Waals surface area contributed by atoms with Gasteiger partial charge in [-0.3, -0.25) is 4.79 Å². The van der Waals surface area contributed by atoms with Gasteiger partial charge in [0, 0.05) is 23.8 Å². The molecule has 0 radical (unpaired) electrons. The van der Waals surface area contributed by atoms with Gasteiger partial charge in [-0.05, 0) is 24.3 Å². The van der Waals surface area contributed by atoms with E-state index < -0.39 is 17.9 Å². The summed E-state index contributed by atoms with van der Waals surface area (Å²) in [6.07, 6.45) is 0. The van der Waals surface area contributed by atoms with Gasteiger partial charge in [0.25, 0.3) is 0 Å². The number of halogens is 1. The zero-order chi connectivity index (χ0) is 15.8. The molecule has 0 fully saturated rings. The molecular formula is C14H19ClN2O4. The third-order valence-electron chi connectivity index (χ3n) is 2.85. The highest BCUT2D eigenvalue weighted by molar-refractivity contribution is 6.30. The molecule has 6 nitrogen and oxygen atoms in total. The minimum Gasteiger partial charge on any atom is -0.469 e. The fraction of sp³-hybridized carbons (Fsp3) is 0.429. The summed E-state index contributed by atoms with van der Waals surface area (Å²) in [5, 5.41) is 12.3. The van der Waals surface area contributed by atoms with E-state index in [4.69, 9.17) is 16.7 Å². The van der Waals surface area contributed by atoms with Crippen LogP contribution in [0.25, 0.3) is 0 Å². The van der Waals surface area contributed by atoms with Crippen molar-refractivity contribution in [3.8, 4) is 0 Å². The minimum absolute atomic E-state index is 0.126. The van der Waals surface area contributed by atoms with Crippen LogP contribution >= 0.6 is 11.6 Å². The number of hydrogen-bond acceptors (Lipinski definition) is 4. The number of aliphatic hydroxyl groups is 1. The van der Waals surface area contributed by atoms with E-state index in [2.05, 4.69) is 10.1 Å². The second-order valence-corrected chi connectivity index (χ2v) is 4.97. The molecule has 1 aromatic carbocycles. The van der Waals surface area contributed by atoms with Gasteiger partial charge in [0.1, 0.15) is 0 Å². The second kappa shape index (κ2) is 8.49. The van der Waals surface area contributed by atoms with E-state index in [0.717, 1.165) is 0 Å². The van der Waals surface area contributed by atoms with Crippen LogP contribution in [0.1, 0.15) is 6.92 Å². The first kappa shape index (κ1) is 17.3. The minimum atomic E-state index is -0.475. The lowest BCUT2D eigenvalue weighted by Crippen LogP contribution is -2.41. The Balaban J connectivity index is 2.68. The first-order chi connectivity index (χ1) is 9.97. The van der Waals surface area contributed by atoms with Crippen molar-refractivity contribution in [2.75, 3.05) is 32.1 Å². The lowest BCUT2D eigenvalue weighted by molar-refractivity contribution is -0.145. The molecular weight excluding hydrogens is 296 g/mol. The molecule has 0 aromatic heterocycles. The van der Waals surface area contributed by atoms with Gasteiger partial charge in [-0.1, -0.05) is 18.5 Å². The Kier molecular flexibility index (Phi) is 6.98. The summed E-state index contributed by atoms with van der Waals surface area (Å²) in [6.45, 7) is 1.75. The Morgan fingerprint density at radius 2 is 2.00 bits per heavy atom. The van der Waals surface area contributed by atoms with Crippen LogP contribution in [-0.4, -0.2) is 48.8 Å². The number of hydrogen-bond donors (Lipinski definition) is 2. The van der Waals surface area contributed by atoms with E-state index in [9.17, 15) is 9.59 Å². The number of methoxy groups -OCH3 is 1. The number of aliphatic hydroxyl groups excluding tert-OH is 1. The first-order valence-electron chi connectivity index (χ1n) is 6.48. The molecule has 0 aliphatic heterocycles. The van der Waals surface area contributed by atoms with Gasteiger partial charge in [-0.15, -0.1) is 0 Å². The van der Waals surface area contributed by atoms with Crippen molar-refractivity contribution < 1.29 is 19.4 Å². The summed E-state index contributed by atoms with van der Waals surface area (Å²) in [7, 11) is 1.29. The van der Waals surface area contributed by atoms with E-state index in [0.29, 0.717) is 10.7 Å². The maximum absolute atomic E-state index is 12.2. The number of carbonyl (C=O) groups excluding carboxylic acids is 2. The number of nitrogens with one attached hydrogen (secondary N) is 1. The molecule has 21 heavy (non-hydrogen) atoms. The fourth-order valence-corrected chi connectivity index (χ4v) is 1.86. The van der Waals surface area contributed by atoms with Gasteiger partial charge in [0.05, 0.1) is 19.6 Å². The summed E-state index contributed by atoms with van der Waals surface area (Å²) in [5.41, 5.74) is 0.582. The van der Waals surface area contributed by atoms with Crippen molar-refractivity contribution >= 4 is 29.3 Å². The average Bonchev–Trinajstić information content (AvgIpc) is 2.48. The predicted molar refractivity (Wildman–Crippen MR) is 80.3 cm³/mol. The molecule has 2 amide bonds. The van der Waals surface area contributed by atoms with Crippen LogP contribution in [0.4, 0.5) is 10.5 Å². The Morgan fingerprint density at radius 1 is 1.38 bits per heavy atom. The van der Waals surface area contributed by atoms with Gasteiger partial charge in [0.15, 0.2) is 0 Å². The molecule has 0 aliphatic rings. The number of ether oxygens (including phenoxy) is 1. The van der Waals surface area contributed by atoms with Crippen LogP contribution in [0.3, 0.4) is 0 Å². The smallest absolute Gasteiger partial charge is 0.321 e. The summed E-state index contributed by atoms with van der Waals surface area (Å²) in [4.78, 5) is 24.9. The van der Waals surface area contributed by atoms with E-state index in [1.165, 1.54) is 12.0 Å². The van der Waals surface area contributed by atoms with E-state index in [-0.39, 0.29) is 19.7 Å². The highest BCUT2D eigenvalue weighted by Crippen LogP contribution is 2.14. The van der Waals surface area contributed by atoms with Crippen molar-refractivity contribution in [3.63, 3.8) is 0 Å². The van der Waals surface area contributed by atoms with Crippen LogP contribution in [0.15, 0.2) is 24.3 Å². The number of amides is 2. The number of anilines is 1. The van der Waals surface area contributed by atoms with Crippen LogP contribution in [-0.2, 0) is 9.53 Å². The molecule has 1 unspecified atom stereocenters. The Labute approximate surface area is 128 Å². The highest BCUT2D eigenvalue weighted by atomic mass is 35.5. The Morgan fingerprint density at radius 3 is 2.52 bits per heavy atom. The number of rotatable bonds is 6. The largest absolute Gasteiger partial charge is 0.469 e. The predicted octanol–water partition coefficient (Wildman–Crippen LogP) is 1.98. The molecule has 116 valence electrons. The van der Waals surface area contributed by atoms with E-state index in [1.54, 1.807) is 31.2 Å². The van der Waals surface area contributed by atoms with Gasteiger partial charge < -0.3 is 20.1 Å². The summed E-state index contributed by atoms with van der Waals surface area (Å²) in [5.74, 6) is -0.880. The maximum atomic E-state index is 12.2. The van der Waals surface area contributed by atoms with Crippen molar-refractivity contribution in [1.82, 2.24) is 4.90 Å². The topological polar surface area (TPSA) is 78.9 Å². The van der Waals surface area contributed by atoms with Gasteiger partial charge >= 0.3 is 12.0 Å². The normalized spacial score (nSPS) is 11.6. The van der Waals surface area contributed by atoms with Gasteiger partial charge in [-0.2, -0.15) is 0 Å². The monoisotopic (exact) mass is 314 g/mol. The molecule has 0 aliphatic carbocycles. The lowest BCUT2D eigenvalue weighted by atomic mass is 10.2. The summed E-state index contributed by atoms with van der Waals surface area (Å²) < 4.78 is 4.63. The second-order valence-electron chi connectivity index (χ2n) is 4.53. The van der Waals surface area contributed by atoms with Gasteiger partial charge in [-0.25, -0.2) is 4.79 Å². The Bertz CT molecular complexity index is 478. The lowest BCUT2D eigenvalue weighted by Gasteiger charge is -2.24. The quantitative estimate of drug-likeness (QED) is 0.787. The molecule has 1 rings (SSSR count). The van der Waals surface area contributed by atoms with E-state index >= 15 is 0 Å². The molecule has 7 heteroatoms. The van der Waals surface area contributed by atoms with Crippen molar-refractivity contribution in [2.45, 2.75) is 6.92 Å². The molecule has 0 saturated carbocycles. The zero-order valence-corrected chi connectivity index (χ0v) is 12.8. The van der Waals surface area contributed by atoms with Crippen LogP contribution in [0.5, 0.6) is 0 Å². The molecule has 0 bridgehead atoms.